The largest absolute Gasteiger partial charge is 0.353 e. The number of nitro groups is 1. The molecular weight excluding hydrogens is 464 g/mol. The zero-order valence-electron chi connectivity index (χ0n) is 21.0. The molecule has 5 rings (SSSR count). The summed E-state index contributed by atoms with van der Waals surface area (Å²) in [5.41, 5.74) is 5.29. The molecule has 2 heterocycles. The second kappa shape index (κ2) is 10.8. The summed E-state index contributed by atoms with van der Waals surface area (Å²) in [4.78, 5) is 24.9. The van der Waals surface area contributed by atoms with Crippen molar-refractivity contribution in [2.45, 2.75) is 19.9 Å². The molecule has 8 nitrogen and oxygen atoms in total. The van der Waals surface area contributed by atoms with Gasteiger partial charge < -0.3 is 10.2 Å². The normalized spacial score (nSPS) is 14.1. The Morgan fingerprint density at radius 3 is 2.05 bits per heavy atom. The van der Waals surface area contributed by atoms with Crippen LogP contribution in [0.4, 0.5) is 23.0 Å². The first-order valence-corrected chi connectivity index (χ1v) is 12.4. The lowest BCUT2D eigenvalue weighted by atomic mass is 9.96. The standard InChI is InChI=1S/C29H30N6O2/c1-21-10-9-15-25(22(21)2)32-28-27(35(36)37)29(31-20-30-28)34-18-16-33(17-19-34)26(23-11-5-3-6-12-23)24-13-7-4-8-14-24/h3-15,20,26H,16-19H2,1-2H3,(H,30,31,32). The van der Waals surface area contributed by atoms with Gasteiger partial charge in [0.2, 0.25) is 11.6 Å². The fraction of sp³-hybridized carbons (Fsp3) is 0.241. The topological polar surface area (TPSA) is 87.4 Å². The zero-order chi connectivity index (χ0) is 25.8. The van der Waals surface area contributed by atoms with Crippen molar-refractivity contribution in [2.75, 3.05) is 36.4 Å². The van der Waals surface area contributed by atoms with Crippen molar-refractivity contribution >= 4 is 23.0 Å². The van der Waals surface area contributed by atoms with Gasteiger partial charge in [-0.1, -0.05) is 72.8 Å². The zero-order valence-corrected chi connectivity index (χ0v) is 21.0. The van der Waals surface area contributed by atoms with E-state index in [2.05, 4.69) is 68.7 Å². The third kappa shape index (κ3) is 5.15. The molecule has 0 atom stereocenters. The van der Waals surface area contributed by atoms with Crippen LogP contribution in [0.3, 0.4) is 0 Å². The van der Waals surface area contributed by atoms with Crippen LogP contribution in [-0.4, -0.2) is 46.0 Å². The number of aromatic nitrogens is 2. The van der Waals surface area contributed by atoms with Gasteiger partial charge in [0, 0.05) is 31.9 Å². The number of rotatable bonds is 7. The molecule has 0 radical (unpaired) electrons. The van der Waals surface area contributed by atoms with Gasteiger partial charge in [-0.15, -0.1) is 0 Å². The fourth-order valence-electron chi connectivity index (χ4n) is 4.95. The number of nitrogens with zero attached hydrogens (tertiary/aromatic N) is 5. The Bertz CT molecular complexity index is 1330. The van der Waals surface area contributed by atoms with Crippen LogP contribution in [0.25, 0.3) is 0 Å². The molecule has 0 aliphatic carbocycles. The molecule has 1 fully saturated rings. The summed E-state index contributed by atoms with van der Waals surface area (Å²) in [5.74, 6) is 0.556. The Balaban J connectivity index is 1.40. The SMILES string of the molecule is Cc1cccc(Nc2ncnc(N3CCN(C(c4ccccc4)c4ccccc4)CC3)c2[N+](=O)[O-])c1C. The van der Waals surface area contributed by atoms with Crippen molar-refractivity contribution in [3.63, 3.8) is 0 Å². The Morgan fingerprint density at radius 2 is 1.46 bits per heavy atom. The molecule has 0 saturated carbocycles. The first-order chi connectivity index (χ1) is 18.0. The van der Waals surface area contributed by atoms with Crippen LogP contribution < -0.4 is 10.2 Å². The average Bonchev–Trinajstić information content (AvgIpc) is 2.93. The van der Waals surface area contributed by atoms with Gasteiger partial charge in [-0.2, -0.15) is 0 Å². The number of aryl methyl sites for hydroxylation is 1. The van der Waals surface area contributed by atoms with Gasteiger partial charge in [-0.3, -0.25) is 15.0 Å². The van der Waals surface area contributed by atoms with E-state index in [4.69, 9.17) is 0 Å². The molecule has 188 valence electrons. The molecule has 0 amide bonds. The number of hydrogen-bond donors (Lipinski definition) is 1. The maximum absolute atomic E-state index is 12.2. The average molecular weight is 495 g/mol. The van der Waals surface area contributed by atoms with Crippen LogP contribution in [-0.2, 0) is 0 Å². The Kier molecular flexibility index (Phi) is 7.09. The molecule has 0 bridgehead atoms. The van der Waals surface area contributed by atoms with E-state index < -0.39 is 0 Å². The first kappa shape index (κ1) is 24.4. The predicted molar refractivity (Wildman–Crippen MR) is 146 cm³/mol. The van der Waals surface area contributed by atoms with E-state index in [0.29, 0.717) is 18.9 Å². The highest BCUT2D eigenvalue weighted by Crippen LogP contribution is 2.36. The second-order valence-corrected chi connectivity index (χ2v) is 9.27. The van der Waals surface area contributed by atoms with Crippen molar-refractivity contribution < 1.29 is 4.92 Å². The Morgan fingerprint density at radius 1 is 0.838 bits per heavy atom. The Labute approximate surface area is 216 Å². The fourth-order valence-corrected chi connectivity index (χ4v) is 4.95. The molecule has 8 heteroatoms. The van der Waals surface area contributed by atoms with Gasteiger partial charge in [0.25, 0.3) is 0 Å². The minimum atomic E-state index is -0.383. The summed E-state index contributed by atoms with van der Waals surface area (Å²) < 4.78 is 0. The van der Waals surface area contributed by atoms with Gasteiger partial charge in [0.05, 0.1) is 11.0 Å². The molecule has 1 aromatic heterocycles. The summed E-state index contributed by atoms with van der Waals surface area (Å²) in [6.45, 7) is 6.73. The number of piperazine rings is 1. The number of benzene rings is 3. The summed E-state index contributed by atoms with van der Waals surface area (Å²) in [7, 11) is 0. The van der Waals surface area contributed by atoms with E-state index in [1.807, 2.05) is 49.1 Å². The van der Waals surface area contributed by atoms with Crippen LogP contribution in [0.5, 0.6) is 0 Å². The maximum atomic E-state index is 12.2. The van der Waals surface area contributed by atoms with Gasteiger partial charge in [0.15, 0.2) is 0 Å². The molecule has 1 aliphatic heterocycles. The smallest absolute Gasteiger partial charge is 0.348 e. The van der Waals surface area contributed by atoms with E-state index in [0.717, 1.165) is 29.9 Å². The number of hydrogen-bond acceptors (Lipinski definition) is 7. The lowest BCUT2D eigenvalue weighted by Crippen LogP contribution is -2.48. The van der Waals surface area contributed by atoms with Gasteiger partial charge >= 0.3 is 5.69 Å². The van der Waals surface area contributed by atoms with Crippen molar-refractivity contribution in [1.82, 2.24) is 14.9 Å². The summed E-state index contributed by atoms with van der Waals surface area (Å²) in [6.07, 6.45) is 1.40. The number of anilines is 3. The van der Waals surface area contributed by atoms with Crippen molar-refractivity contribution in [3.05, 3.63) is 118 Å². The predicted octanol–water partition coefficient (Wildman–Crippen LogP) is 5.66. The molecular formula is C29H30N6O2. The minimum absolute atomic E-state index is 0.0977. The van der Waals surface area contributed by atoms with E-state index in [1.165, 1.54) is 17.5 Å². The highest BCUT2D eigenvalue weighted by Gasteiger charge is 2.32. The molecule has 0 spiro atoms. The van der Waals surface area contributed by atoms with Crippen LogP contribution in [0, 0.1) is 24.0 Å². The van der Waals surface area contributed by atoms with Crippen molar-refractivity contribution in [2.24, 2.45) is 0 Å². The lowest BCUT2D eigenvalue weighted by Gasteiger charge is -2.40. The third-order valence-electron chi connectivity index (χ3n) is 7.05. The van der Waals surface area contributed by atoms with E-state index in [1.54, 1.807) is 0 Å². The molecule has 1 saturated heterocycles. The molecule has 4 aromatic rings. The lowest BCUT2D eigenvalue weighted by molar-refractivity contribution is -0.383. The van der Waals surface area contributed by atoms with Gasteiger partial charge in [-0.05, 0) is 42.2 Å². The summed E-state index contributed by atoms with van der Waals surface area (Å²) in [6, 6.07) is 26.9. The van der Waals surface area contributed by atoms with E-state index in [-0.39, 0.29) is 22.5 Å². The maximum Gasteiger partial charge on any atom is 0.353 e. The molecule has 3 aromatic carbocycles. The monoisotopic (exact) mass is 494 g/mol. The molecule has 1 N–H and O–H groups in total. The van der Waals surface area contributed by atoms with Crippen LogP contribution in [0.1, 0.15) is 28.3 Å². The third-order valence-corrected chi connectivity index (χ3v) is 7.05. The van der Waals surface area contributed by atoms with E-state index >= 15 is 0 Å². The second-order valence-electron chi connectivity index (χ2n) is 9.27. The number of nitrogens with one attached hydrogen (secondary N) is 1. The van der Waals surface area contributed by atoms with Gasteiger partial charge in [-0.25, -0.2) is 9.97 Å². The van der Waals surface area contributed by atoms with Crippen LogP contribution in [0.15, 0.2) is 85.2 Å². The quantitative estimate of drug-likeness (QED) is 0.262. The molecule has 0 unspecified atom stereocenters. The minimum Gasteiger partial charge on any atom is -0.348 e. The molecule has 1 aliphatic rings. The highest BCUT2D eigenvalue weighted by molar-refractivity contribution is 5.75. The van der Waals surface area contributed by atoms with Gasteiger partial charge in [0.1, 0.15) is 6.33 Å². The summed E-state index contributed by atoms with van der Waals surface area (Å²) in [5, 5.41) is 15.4. The van der Waals surface area contributed by atoms with Crippen molar-refractivity contribution in [1.29, 1.82) is 0 Å². The Hall–Kier alpha value is -4.30. The van der Waals surface area contributed by atoms with E-state index in [9.17, 15) is 10.1 Å². The van der Waals surface area contributed by atoms with Crippen LogP contribution in [0.2, 0.25) is 0 Å². The van der Waals surface area contributed by atoms with Crippen LogP contribution >= 0.6 is 0 Å². The summed E-state index contributed by atoms with van der Waals surface area (Å²) >= 11 is 0. The van der Waals surface area contributed by atoms with Crippen molar-refractivity contribution in [3.8, 4) is 0 Å². The first-order valence-electron chi connectivity index (χ1n) is 12.4. The molecule has 37 heavy (non-hydrogen) atoms. The highest BCUT2D eigenvalue weighted by atomic mass is 16.6.